The van der Waals surface area contributed by atoms with Crippen molar-refractivity contribution < 1.29 is 0 Å². The number of thiazole rings is 1. The van der Waals surface area contributed by atoms with Crippen LogP contribution in [0.2, 0.25) is 5.15 Å². The summed E-state index contributed by atoms with van der Waals surface area (Å²) in [4.78, 5) is 4.10. The standard InChI is InChI=1S/C9H15ClN2S/c1-9(2,3)4-5-11-8-12-7(10)6-13-8/h6H,4-5H2,1-3H3,(H,11,12). The maximum Gasteiger partial charge on any atom is 0.184 e. The van der Waals surface area contributed by atoms with Crippen molar-refractivity contribution in [1.29, 1.82) is 0 Å². The van der Waals surface area contributed by atoms with Gasteiger partial charge in [0.1, 0.15) is 5.15 Å². The van der Waals surface area contributed by atoms with Crippen molar-refractivity contribution in [3.05, 3.63) is 10.5 Å². The van der Waals surface area contributed by atoms with Crippen LogP contribution in [-0.2, 0) is 0 Å². The highest BCUT2D eigenvalue weighted by Crippen LogP contribution is 2.21. The van der Waals surface area contributed by atoms with Crippen LogP contribution in [0.15, 0.2) is 5.38 Å². The van der Waals surface area contributed by atoms with E-state index in [0.717, 1.165) is 18.1 Å². The first kappa shape index (κ1) is 10.8. The Morgan fingerprint density at radius 2 is 2.23 bits per heavy atom. The molecule has 0 aromatic carbocycles. The van der Waals surface area contributed by atoms with Crippen LogP contribution in [0.25, 0.3) is 0 Å². The van der Waals surface area contributed by atoms with Crippen LogP contribution in [0.3, 0.4) is 0 Å². The van der Waals surface area contributed by atoms with Crippen molar-refractivity contribution in [2.75, 3.05) is 11.9 Å². The van der Waals surface area contributed by atoms with Gasteiger partial charge in [0.05, 0.1) is 0 Å². The molecule has 0 bridgehead atoms. The Hall–Kier alpha value is -0.280. The molecule has 0 aliphatic heterocycles. The predicted octanol–water partition coefficient (Wildman–Crippen LogP) is 3.64. The lowest BCUT2D eigenvalue weighted by molar-refractivity contribution is 0.390. The van der Waals surface area contributed by atoms with Gasteiger partial charge < -0.3 is 5.32 Å². The number of halogens is 1. The number of aromatic nitrogens is 1. The summed E-state index contributed by atoms with van der Waals surface area (Å²) in [5.74, 6) is 0. The van der Waals surface area contributed by atoms with Gasteiger partial charge in [-0.1, -0.05) is 32.4 Å². The van der Waals surface area contributed by atoms with E-state index in [4.69, 9.17) is 11.6 Å². The average Bonchev–Trinajstić information content (AvgIpc) is 2.33. The molecule has 0 fully saturated rings. The molecule has 2 nitrogen and oxygen atoms in total. The van der Waals surface area contributed by atoms with E-state index in [-0.39, 0.29) is 0 Å². The normalized spacial score (nSPS) is 11.7. The summed E-state index contributed by atoms with van der Waals surface area (Å²) in [5, 5.41) is 6.56. The van der Waals surface area contributed by atoms with Gasteiger partial charge in [-0.15, -0.1) is 11.3 Å². The minimum Gasteiger partial charge on any atom is -0.361 e. The molecule has 0 saturated carbocycles. The van der Waals surface area contributed by atoms with E-state index in [2.05, 4.69) is 31.1 Å². The fourth-order valence-electron chi connectivity index (χ4n) is 0.880. The lowest BCUT2D eigenvalue weighted by Gasteiger charge is -2.17. The highest BCUT2D eigenvalue weighted by molar-refractivity contribution is 7.14. The maximum absolute atomic E-state index is 5.69. The summed E-state index contributed by atoms with van der Waals surface area (Å²) in [6.45, 7) is 7.63. The zero-order valence-electron chi connectivity index (χ0n) is 8.22. The Kier molecular flexibility index (Phi) is 3.56. The lowest BCUT2D eigenvalue weighted by Crippen LogP contribution is -2.12. The summed E-state index contributed by atoms with van der Waals surface area (Å²) >= 11 is 7.23. The quantitative estimate of drug-likeness (QED) is 0.838. The van der Waals surface area contributed by atoms with Crippen molar-refractivity contribution in [1.82, 2.24) is 4.98 Å². The Morgan fingerprint density at radius 1 is 1.54 bits per heavy atom. The zero-order chi connectivity index (χ0) is 9.90. The van der Waals surface area contributed by atoms with E-state index in [0.29, 0.717) is 10.6 Å². The van der Waals surface area contributed by atoms with Crippen LogP contribution in [0.1, 0.15) is 27.2 Å². The van der Waals surface area contributed by atoms with Crippen molar-refractivity contribution in [3.63, 3.8) is 0 Å². The number of nitrogens with one attached hydrogen (secondary N) is 1. The third-order valence-electron chi connectivity index (χ3n) is 1.63. The van der Waals surface area contributed by atoms with Gasteiger partial charge in [-0.05, 0) is 11.8 Å². The summed E-state index contributed by atoms with van der Waals surface area (Å²) in [7, 11) is 0. The maximum atomic E-state index is 5.69. The Morgan fingerprint density at radius 3 is 2.69 bits per heavy atom. The summed E-state index contributed by atoms with van der Waals surface area (Å²) in [5.41, 5.74) is 0.369. The molecule has 0 unspecified atom stereocenters. The van der Waals surface area contributed by atoms with Gasteiger partial charge in [0.25, 0.3) is 0 Å². The van der Waals surface area contributed by atoms with Crippen LogP contribution < -0.4 is 5.32 Å². The Balaban J connectivity index is 2.28. The number of hydrogen-bond acceptors (Lipinski definition) is 3. The van der Waals surface area contributed by atoms with Crippen LogP contribution in [0.5, 0.6) is 0 Å². The molecule has 0 spiro atoms. The van der Waals surface area contributed by atoms with Gasteiger partial charge in [0.15, 0.2) is 5.13 Å². The molecule has 0 amide bonds. The molecular weight excluding hydrogens is 204 g/mol. The highest BCUT2D eigenvalue weighted by atomic mass is 35.5. The Labute approximate surface area is 88.3 Å². The smallest absolute Gasteiger partial charge is 0.184 e. The molecule has 1 rings (SSSR count). The summed E-state index contributed by atoms with van der Waals surface area (Å²) in [6, 6.07) is 0. The molecule has 0 saturated heterocycles. The molecule has 4 heteroatoms. The van der Waals surface area contributed by atoms with E-state index in [1.54, 1.807) is 11.3 Å². The zero-order valence-corrected chi connectivity index (χ0v) is 9.80. The second kappa shape index (κ2) is 4.29. The van der Waals surface area contributed by atoms with E-state index >= 15 is 0 Å². The monoisotopic (exact) mass is 218 g/mol. The van der Waals surface area contributed by atoms with Gasteiger partial charge in [0.2, 0.25) is 0 Å². The molecule has 0 aliphatic carbocycles. The van der Waals surface area contributed by atoms with Crippen molar-refractivity contribution in [3.8, 4) is 0 Å². The van der Waals surface area contributed by atoms with Gasteiger partial charge in [0, 0.05) is 11.9 Å². The SMILES string of the molecule is CC(C)(C)CCNc1nc(Cl)cs1. The predicted molar refractivity (Wildman–Crippen MR) is 59.7 cm³/mol. The van der Waals surface area contributed by atoms with Crippen LogP contribution in [0, 0.1) is 5.41 Å². The molecular formula is C9H15ClN2S. The number of nitrogens with zero attached hydrogens (tertiary/aromatic N) is 1. The molecule has 0 atom stereocenters. The molecule has 1 aromatic rings. The summed E-state index contributed by atoms with van der Waals surface area (Å²) < 4.78 is 0. The fourth-order valence-corrected chi connectivity index (χ4v) is 1.75. The minimum absolute atomic E-state index is 0.369. The molecule has 1 heterocycles. The van der Waals surface area contributed by atoms with Gasteiger partial charge in [-0.25, -0.2) is 4.98 Å². The van der Waals surface area contributed by atoms with Crippen LogP contribution in [0.4, 0.5) is 5.13 Å². The third kappa shape index (κ3) is 4.48. The van der Waals surface area contributed by atoms with Crippen molar-refractivity contribution in [2.45, 2.75) is 27.2 Å². The Bertz CT molecular complexity index is 265. The molecule has 1 aromatic heterocycles. The van der Waals surface area contributed by atoms with Gasteiger partial charge in [-0.3, -0.25) is 0 Å². The minimum atomic E-state index is 0.369. The second-order valence-corrected chi connectivity index (χ2v) is 5.46. The first-order valence-corrected chi connectivity index (χ1v) is 5.58. The lowest BCUT2D eigenvalue weighted by atomic mass is 9.92. The topological polar surface area (TPSA) is 24.9 Å². The van der Waals surface area contributed by atoms with E-state index < -0.39 is 0 Å². The van der Waals surface area contributed by atoms with Crippen LogP contribution in [-0.4, -0.2) is 11.5 Å². The average molecular weight is 219 g/mol. The van der Waals surface area contributed by atoms with E-state index in [1.165, 1.54) is 0 Å². The van der Waals surface area contributed by atoms with Crippen molar-refractivity contribution in [2.24, 2.45) is 5.41 Å². The van der Waals surface area contributed by atoms with E-state index in [9.17, 15) is 0 Å². The molecule has 74 valence electrons. The molecule has 0 radical (unpaired) electrons. The molecule has 1 N–H and O–H groups in total. The summed E-state index contributed by atoms with van der Waals surface area (Å²) in [6.07, 6.45) is 1.13. The first-order valence-electron chi connectivity index (χ1n) is 4.32. The van der Waals surface area contributed by atoms with Gasteiger partial charge in [-0.2, -0.15) is 0 Å². The molecule has 13 heavy (non-hydrogen) atoms. The van der Waals surface area contributed by atoms with Gasteiger partial charge >= 0.3 is 0 Å². The largest absolute Gasteiger partial charge is 0.361 e. The molecule has 0 aliphatic rings. The number of rotatable bonds is 3. The van der Waals surface area contributed by atoms with Crippen molar-refractivity contribution >= 4 is 28.1 Å². The highest BCUT2D eigenvalue weighted by Gasteiger charge is 2.09. The first-order chi connectivity index (χ1) is 5.97. The van der Waals surface area contributed by atoms with E-state index in [1.807, 2.05) is 5.38 Å². The number of hydrogen-bond donors (Lipinski definition) is 1. The number of anilines is 1. The van der Waals surface area contributed by atoms with Crippen LogP contribution >= 0.6 is 22.9 Å². The third-order valence-corrected chi connectivity index (χ3v) is 2.75. The second-order valence-electron chi connectivity index (χ2n) is 4.21. The fraction of sp³-hybridized carbons (Fsp3) is 0.667.